The molecule has 4 rings (SSSR count). The van der Waals surface area contributed by atoms with Crippen LogP contribution in [-0.2, 0) is 11.2 Å². The van der Waals surface area contributed by atoms with Gasteiger partial charge in [0.05, 0.1) is 18.9 Å². The van der Waals surface area contributed by atoms with Gasteiger partial charge in [-0.15, -0.1) is 0 Å². The SMILES string of the molecule is C=C/C(=C\N(N)C1CCNCC1)c1ccc2c(c1OC1CCC1)CC[C@H](C)N2C(=O)OC. The summed E-state index contributed by atoms with van der Waals surface area (Å²) in [5.74, 6) is 7.32. The van der Waals surface area contributed by atoms with E-state index in [0.717, 1.165) is 79.8 Å². The Bertz CT molecular complexity index is 874. The van der Waals surface area contributed by atoms with Crippen molar-refractivity contribution < 1.29 is 14.3 Å². The highest BCUT2D eigenvalue weighted by molar-refractivity contribution is 5.92. The number of amides is 1. The molecule has 1 atom stereocenters. The third kappa shape index (κ3) is 4.50. The third-order valence-electron chi connectivity index (χ3n) is 7.01. The second-order valence-electron chi connectivity index (χ2n) is 9.06. The number of benzene rings is 1. The number of rotatable bonds is 6. The highest BCUT2D eigenvalue weighted by Gasteiger charge is 2.33. The average Bonchev–Trinajstić information content (AvgIpc) is 2.79. The van der Waals surface area contributed by atoms with Crippen LogP contribution in [0, 0.1) is 0 Å². The predicted octanol–water partition coefficient (Wildman–Crippen LogP) is 3.98. The number of allylic oxidation sites excluding steroid dienone is 2. The lowest BCUT2D eigenvalue weighted by molar-refractivity contribution is 0.118. The van der Waals surface area contributed by atoms with Crippen LogP contribution in [0.1, 0.15) is 56.6 Å². The Labute approximate surface area is 191 Å². The Balaban J connectivity index is 1.74. The van der Waals surface area contributed by atoms with E-state index in [2.05, 4.69) is 18.8 Å². The van der Waals surface area contributed by atoms with Crippen LogP contribution in [0.5, 0.6) is 5.75 Å². The Morgan fingerprint density at radius 1 is 1.25 bits per heavy atom. The first-order valence-corrected chi connectivity index (χ1v) is 11.8. The van der Waals surface area contributed by atoms with E-state index in [9.17, 15) is 4.79 Å². The first-order valence-electron chi connectivity index (χ1n) is 11.8. The number of hydrogen-bond acceptors (Lipinski definition) is 6. The van der Waals surface area contributed by atoms with Crippen molar-refractivity contribution in [1.29, 1.82) is 0 Å². The molecule has 3 N–H and O–H groups in total. The number of nitrogens with zero attached hydrogens (tertiary/aromatic N) is 2. The summed E-state index contributed by atoms with van der Waals surface area (Å²) in [5, 5.41) is 5.21. The largest absolute Gasteiger partial charge is 0.489 e. The molecular formula is C25H36N4O3. The molecule has 7 nitrogen and oxygen atoms in total. The number of fused-ring (bicyclic) bond motifs is 1. The molecule has 0 unspecified atom stereocenters. The number of methoxy groups -OCH3 is 1. The van der Waals surface area contributed by atoms with Crippen LogP contribution >= 0.6 is 0 Å². The number of carbonyl (C=O) groups is 1. The molecule has 3 aliphatic rings. The molecule has 2 fully saturated rings. The lowest BCUT2D eigenvalue weighted by atomic mass is 9.90. The third-order valence-corrected chi connectivity index (χ3v) is 7.01. The summed E-state index contributed by atoms with van der Waals surface area (Å²) in [6.45, 7) is 8.08. The van der Waals surface area contributed by atoms with Gasteiger partial charge in [-0.3, -0.25) is 4.90 Å². The minimum Gasteiger partial charge on any atom is -0.489 e. The predicted molar refractivity (Wildman–Crippen MR) is 127 cm³/mol. The summed E-state index contributed by atoms with van der Waals surface area (Å²) in [4.78, 5) is 14.3. The van der Waals surface area contributed by atoms with Gasteiger partial charge in [0.1, 0.15) is 5.75 Å². The summed E-state index contributed by atoms with van der Waals surface area (Å²) >= 11 is 0. The van der Waals surface area contributed by atoms with Crippen molar-refractivity contribution in [2.45, 2.75) is 70.1 Å². The zero-order valence-electron chi connectivity index (χ0n) is 19.3. The van der Waals surface area contributed by atoms with Crippen molar-refractivity contribution >= 4 is 17.4 Å². The number of anilines is 1. The van der Waals surface area contributed by atoms with Crippen molar-refractivity contribution in [2.24, 2.45) is 5.84 Å². The zero-order valence-corrected chi connectivity index (χ0v) is 19.3. The van der Waals surface area contributed by atoms with Gasteiger partial charge in [-0.1, -0.05) is 12.7 Å². The van der Waals surface area contributed by atoms with Gasteiger partial charge in [0, 0.05) is 35.0 Å². The van der Waals surface area contributed by atoms with Gasteiger partial charge in [-0.25, -0.2) is 10.6 Å². The second-order valence-corrected chi connectivity index (χ2v) is 9.06. The summed E-state index contributed by atoms with van der Waals surface area (Å²) < 4.78 is 11.6. The number of piperidine rings is 1. The number of hydrazine groups is 1. The van der Waals surface area contributed by atoms with Gasteiger partial charge in [0.25, 0.3) is 0 Å². The van der Waals surface area contributed by atoms with Crippen LogP contribution < -0.4 is 20.8 Å². The van der Waals surface area contributed by atoms with Crippen molar-refractivity contribution in [3.63, 3.8) is 0 Å². The monoisotopic (exact) mass is 440 g/mol. The van der Waals surface area contributed by atoms with E-state index in [1.165, 1.54) is 13.5 Å². The van der Waals surface area contributed by atoms with E-state index < -0.39 is 0 Å². The van der Waals surface area contributed by atoms with E-state index in [1.807, 2.05) is 29.4 Å². The van der Waals surface area contributed by atoms with Gasteiger partial charge in [-0.05, 0) is 77.1 Å². The van der Waals surface area contributed by atoms with Crippen LogP contribution in [0.3, 0.4) is 0 Å². The van der Waals surface area contributed by atoms with Crippen LogP contribution in [0.4, 0.5) is 10.5 Å². The molecule has 1 saturated carbocycles. The quantitative estimate of drug-likeness (QED) is 0.396. The van der Waals surface area contributed by atoms with Gasteiger partial charge in [0.2, 0.25) is 0 Å². The molecule has 0 radical (unpaired) electrons. The number of nitrogens with two attached hydrogens (primary N) is 1. The molecule has 2 heterocycles. The van der Waals surface area contributed by atoms with Crippen molar-refractivity contribution in [3.8, 4) is 5.75 Å². The van der Waals surface area contributed by atoms with Crippen molar-refractivity contribution in [2.75, 3.05) is 25.1 Å². The van der Waals surface area contributed by atoms with E-state index in [4.69, 9.17) is 15.3 Å². The van der Waals surface area contributed by atoms with Crippen LogP contribution in [0.15, 0.2) is 31.0 Å². The van der Waals surface area contributed by atoms with Crippen LogP contribution in [0.2, 0.25) is 0 Å². The fourth-order valence-electron chi connectivity index (χ4n) is 4.80. The van der Waals surface area contributed by atoms with Gasteiger partial charge < -0.3 is 19.8 Å². The number of carbonyl (C=O) groups excluding carboxylic acids is 1. The average molecular weight is 441 g/mol. The maximum Gasteiger partial charge on any atom is 0.414 e. The van der Waals surface area contributed by atoms with Crippen molar-refractivity contribution in [3.05, 3.63) is 42.1 Å². The fourth-order valence-corrected chi connectivity index (χ4v) is 4.80. The number of ether oxygens (including phenoxy) is 2. The maximum absolute atomic E-state index is 12.5. The van der Waals surface area contributed by atoms with Gasteiger partial charge in [-0.2, -0.15) is 0 Å². The molecule has 1 aliphatic carbocycles. The number of hydrogen-bond donors (Lipinski definition) is 2. The van der Waals surface area contributed by atoms with E-state index >= 15 is 0 Å². The Morgan fingerprint density at radius 2 is 2.00 bits per heavy atom. The maximum atomic E-state index is 12.5. The Kier molecular flexibility index (Phi) is 7.06. The Hall–Kier alpha value is -2.51. The molecule has 0 aromatic heterocycles. The summed E-state index contributed by atoms with van der Waals surface area (Å²) in [7, 11) is 1.43. The molecule has 174 valence electrons. The smallest absolute Gasteiger partial charge is 0.414 e. The van der Waals surface area contributed by atoms with E-state index in [1.54, 1.807) is 4.90 Å². The topological polar surface area (TPSA) is 80.1 Å². The zero-order chi connectivity index (χ0) is 22.7. The molecule has 1 aromatic rings. The summed E-state index contributed by atoms with van der Waals surface area (Å²) in [6.07, 6.45) is 10.8. The molecular weight excluding hydrogens is 404 g/mol. The lowest BCUT2D eigenvalue weighted by Gasteiger charge is -2.37. The molecule has 1 saturated heterocycles. The van der Waals surface area contributed by atoms with Crippen molar-refractivity contribution in [1.82, 2.24) is 10.3 Å². The number of nitrogens with one attached hydrogen (secondary N) is 1. The second kappa shape index (κ2) is 9.96. The summed E-state index contributed by atoms with van der Waals surface area (Å²) in [6, 6.07) is 4.42. The van der Waals surface area contributed by atoms with Gasteiger partial charge >= 0.3 is 6.09 Å². The summed E-state index contributed by atoms with van der Waals surface area (Å²) in [5.41, 5.74) is 3.86. The molecule has 1 amide bonds. The lowest BCUT2D eigenvalue weighted by Crippen LogP contribution is -2.44. The standard InChI is InChI=1S/C25H36N4O3/c1-4-18(16-28(26)19-12-14-27-15-13-19)21-10-11-23-22(24(21)32-20-6-5-7-20)9-8-17(2)29(23)25(30)31-3/h4,10-11,16-17,19-20,27H,1,5-9,12-15,26H2,2-3H3/b18-16+/t17-/m0/s1. The molecule has 0 spiro atoms. The highest BCUT2D eigenvalue weighted by Crippen LogP contribution is 2.43. The molecule has 2 aliphatic heterocycles. The van der Waals surface area contributed by atoms with Crippen LogP contribution in [0.25, 0.3) is 5.57 Å². The minimum absolute atomic E-state index is 0.0752. The molecule has 7 heteroatoms. The van der Waals surface area contributed by atoms with E-state index in [0.29, 0.717) is 6.04 Å². The highest BCUT2D eigenvalue weighted by atomic mass is 16.5. The van der Waals surface area contributed by atoms with E-state index in [-0.39, 0.29) is 18.2 Å². The minimum atomic E-state index is -0.334. The molecule has 0 bridgehead atoms. The molecule has 1 aromatic carbocycles. The van der Waals surface area contributed by atoms with Crippen LogP contribution in [-0.4, -0.2) is 49.5 Å². The molecule has 32 heavy (non-hydrogen) atoms. The Morgan fingerprint density at radius 3 is 2.62 bits per heavy atom. The fraction of sp³-hybridized carbons (Fsp3) is 0.560. The van der Waals surface area contributed by atoms with Gasteiger partial charge in [0.15, 0.2) is 0 Å². The first kappa shape index (κ1) is 22.7. The first-order chi connectivity index (χ1) is 15.5. The normalized spacial score (nSPS) is 22.0.